The SMILES string of the molecule is C[C@@]12CC[C@@H]3C[C@]1(C(=O)OCc1ccccc1)N(C(=O)NC1CCCCC1)C[C@]32C. The third-order valence-corrected chi connectivity index (χ3v) is 9.28. The summed E-state index contributed by atoms with van der Waals surface area (Å²) in [4.78, 5) is 29.0. The zero-order chi connectivity index (χ0) is 21.0. The fraction of sp³-hybridized carbons (Fsp3) is 0.680. The van der Waals surface area contributed by atoms with E-state index in [9.17, 15) is 9.59 Å². The van der Waals surface area contributed by atoms with Gasteiger partial charge in [-0.05, 0) is 49.0 Å². The number of nitrogens with one attached hydrogen (secondary N) is 1. The maximum Gasteiger partial charge on any atom is 0.333 e. The van der Waals surface area contributed by atoms with Crippen molar-refractivity contribution in [3.8, 4) is 0 Å². The van der Waals surface area contributed by atoms with Crippen LogP contribution in [0.3, 0.4) is 0 Å². The molecule has 4 atom stereocenters. The average Bonchev–Trinajstić information content (AvgIpc) is 3.22. The lowest BCUT2D eigenvalue weighted by molar-refractivity contribution is -0.163. The predicted molar refractivity (Wildman–Crippen MR) is 115 cm³/mol. The highest BCUT2D eigenvalue weighted by Gasteiger charge is 2.81. The van der Waals surface area contributed by atoms with Crippen molar-refractivity contribution in [2.24, 2.45) is 16.7 Å². The van der Waals surface area contributed by atoms with Crippen LogP contribution >= 0.6 is 0 Å². The minimum atomic E-state index is -0.835. The number of carbonyl (C=O) groups excluding carboxylic acids is 2. The number of amides is 2. The first-order valence-electron chi connectivity index (χ1n) is 11.7. The molecule has 1 N–H and O–H groups in total. The monoisotopic (exact) mass is 410 g/mol. The largest absolute Gasteiger partial charge is 0.459 e. The van der Waals surface area contributed by atoms with Crippen molar-refractivity contribution in [3.63, 3.8) is 0 Å². The van der Waals surface area contributed by atoms with Crippen molar-refractivity contribution in [1.29, 1.82) is 0 Å². The zero-order valence-corrected chi connectivity index (χ0v) is 18.3. The Labute approximate surface area is 179 Å². The number of piperidine rings is 1. The number of hydrogen-bond donors (Lipinski definition) is 1. The number of ether oxygens (including phenoxy) is 1. The minimum Gasteiger partial charge on any atom is -0.459 e. The van der Waals surface area contributed by atoms with E-state index < -0.39 is 5.54 Å². The van der Waals surface area contributed by atoms with Crippen molar-refractivity contribution in [1.82, 2.24) is 10.2 Å². The number of urea groups is 1. The molecule has 0 spiro atoms. The third-order valence-electron chi connectivity index (χ3n) is 9.28. The van der Waals surface area contributed by atoms with E-state index >= 15 is 0 Å². The van der Waals surface area contributed by atoms with Crippen LogP contribution in [-0.2, 0) is 16.1 Å². The van der Waals surface area contributed by atoms with Crippen molar-refractivity contribution in [2.45, 2.75) is 83.4 Å². The third kappa shape index (κ3) is 2.59. The molecule has 4 fully saturated rings. The van der Waals surface area contributed by atoms with Gasteiger partial charge in [0.1, 0.15) is 12.1 Å². The highest BCUT2D eigenvalue weighted by Crippen LogP contribution is 2.76. The summed E-state index contributed by atoms with van der Waals surface area (Å²) >= 11 is 0. The molecule has 3 saturated carbocycles. The van der Waals surface area contributed by atoms with Gasteiger partial charge in [-0.2, -0.15) is 0 Å². The minimum absolute atomic E-state index is 0.0112. The van der Waals surface area contributed by atoms with E-state index in [0.717, 1.165) is 37.7 Å². The van der Waals surface area contributed by atoms with Crippen LogP contribution in [0.5, 0.6) is 0 Å². The van der Waals surface area contributed by atoms with E-state index in [1.807, 2.05) is 35.2 Å². The number of likely N-dealkylation sites (tertiary alicyclic amines) is 1. The van der Waals surface area contributed by atoms with Gasteiger partial charge < -0.3 is 15.0 Å². The lowest BCUT2D eigenvalue weighted by Crippen LogP contribution is -2.63. The molecule has 1 heterocycles. The predicted octanol–water partition coefficient (Wildman–Crippen LogP) is 4.65. The van der Waals surface area contributed by atoms with Gasteiger partial charge in [-0.1, -0.05) is 63.4 Å². The summed E-state index contributed by atoms with van der Waals surface area (Å²) in [6.45, 7) is 5.45. The van der Waals surface area contributed by atoms with Crippen LogP contribution in [0.2, 0.25) is 0 Å². The number of rotatable bonds is 4. The highest BCUT2D eigenvalue weighted by molar-refractivity contribution is 5.91. The fourth-order valence-electron chi connectivity index (χ4n) is 7.29. The molecular formula is C25H34N2O3. The van der Waals surface area contributed by atoms with Crippen molar-refractivity contribution in [3.05, 3.63) is 35.9 Å². The van der Waals surface area contributed by atoms with Gasteiger partial charge in [0.15, 0.2) is 0 Å². The van der Waals surface area contributed by atoms with Gasteiger partial charge in [-0.3, -0.25) is 0 Å². The van der Waals surface area contributed by atoms with Crippen LogP contribution < -0.4 is 5.32 Å². The lowest BCUT2D eigenvalue weighted by Gasteiger charge is -2.46. The Bertz CT molecular complexity index is 836. The summed E-state index contributed by atoms with van der Waals surface area (Å²) in [6.07, 6.45) is 8.57. The molecule has 4 aliphatic rings. The second-order valence-electron chi connectivity index (χ2n) is 10.5. The van der Waals surface area contributed by atoms with E-state index in [1.54, 1.807) is 0 Å². The Hall–Kier alpha value is -2.04. The molecular weight excluding hydrogens is 376 g/mol. The number of benzene rings is 1. The molecule has 4 bridgehead atoms. The van der Waals surface area contributed by atoms with Crippen LogP contribution in [-0.4, -0.2) is 35.0 Å². The summed E-state index contributed by atoms with van der Waals surface area (Å²) in [6, 6.07) is 9.99. The maximum absolute atomic E-state index is 13.7. The second kappa shape index (κ2) is 7.00. The average molecular weight is 411 g/mol. The van der Waals surface area contributed by atoms with Crippen LogP contribution in [0.15, 0.2) is 30.3 Å². The number of nitrogens with zero attached hydrogens (tertiary/aromatic N) is 1. The molecule has 1 saturated heterocycles. The quantitative estimate of drug-likeness (QED) is 0.735. The van der Waals surface area contributed by atoms with Gasteiger partial charge in [-0.15, -0.1) is 0 Å². The normalized spacial score (nSPS) is 37.4. The first-order chi connectivity index (χ1) is 14.4. The molecule has 2 amide bonds. The van der Waals surface area contributed by atoms with Crippen LogP contribution in [0.25, 0.3) is 0 Å². The Kier molecular flexibility index (Phi) is 4.64. The summed E-state index contributed by atoms with van der Waals surface area (Å²) < 4.78 is 5.91. The van der Waals surface area contributed by atoms with E-state index in [1.165, 1.54) is 19.3 Å². The summed E-state index contributed by atoms with van der Waals surface area (Å²) in [5, 5.41) is 3.27. The molecule has 1 aliphatic heterocycles. The van der Waals surface area contributed by atoms with Crippen molar-refractivity contribution in [2.75, 3.05) is 6.54 Å². The molecule has 0 aromatic heterocycles. The Balaban J connectivity index is 1.41. The van der Waals surface area contributed by atoms with Gasteiger partial charge in [-0.25, -0.2) is 9.59 Å². The molecule has 0 radical (unpaired) electrons. The Morgan fingerprint density at radius 3 is 2.53 bits per heavy atom. The highest BCUT2D eigenvalue weighted by atomic mass is 16.5. The van der Waals surface area contributed by atoms with Crippen LogP contribution in [0.4, 0.5) is 4.79 Å². The van der Waals surface area contributed by atoms with Crippen LogP contribution in [0, 0.1) is 16.7 Å². The lowest BCUT2D eigenvalue weighted by atomic mass is 9.65. The molecule has 1 aromatic rings. The van der Waals surface area contributed by atoms with Gasteiger partial charge in [0, 0.05) is 18.0 Å². The first kappa shape index (κ1) is 19.9. The number of carbonyl (C=O) groups is 2. The molecule has 3 aliphatic carbocycles. The molecule has 5 heteroatoms. The fourth-order valence-corrected chi connectivity index (χ4v) is 7.29. The van der Waals surface area contributed by atoms with E-state index in [0.29, 0.717) is 12.5 Å². The van der Waals surface area contributed by atoms with Crippen molar-refractivity contribution < 1.29 is 14.3 Å². The molecule has 0 unspecified atom stereocenters. The zero-order valence-electron chi connectivity index (χ0n) is 18.3. The Morgan fingerprint density at radius 1 is 1.10 bits per heavy atom. The topological polar surface area (TPSA) is 58.6 Å². The molecule has 5 nitrogen and oxygen atoms in total. The standard InChI is InChI=1S/C25H34N2O3/c1-23-17-27(22(29)26-20-11-7-4-8-12-20)25(15-19(23)13-14-24(23,25)2)21(28)30-16-18-9-5-3-6-10-18/h3,5-6,9-10,19-20H,4,7-8,11-17H2,1-2H3,(H,26,29)/t19-,23-,24+,25-/m1/s1. The maximum atomic E-state index is 13.7. The second-order valence-corrected chi connectivity index (χ2v) is 10.5. The summed E-state index contributed by atoms with van der Waals surface area (Å²) in [5.41, 5.74) is -0.0852. The van der Waals surface area contributed by atoms with Crippen molar-refractivity contribution >= 4 is 12.0 Å². The Morgan fingerprint density at radius 2 is 1.83 bits per heavy atom. The van der Waals surface area contributed by atoms with Gasteiger partial charge in [0.05, 0.1) is 0 Å². The summed E-state index contributed by atoms with van der Waals surface area (Å²) in [7, 11) is 0. The van der Waals surface area contributed by atoms with E-state index in [4.69, 9.17) is 4.74 Å². The van der Waals surface area contributed by atoms with E-state index in [2.05, 4.69) is 19.2 Å². The van der Waals surface area contributed by atoms with Gasteiger partial charge in [0.2, 0.25) is 0 Å². The number of esters is 1. The number of hydrogen-bond acceptors (Lipinski definition) is 3. The molecule has 162 valence electrons. The smallest absolute Gasteiger partial charge is 0.333 e. The van der Waals surface area contributed by atoms with Gasteiger partial charge >= 0.3 is 12.0 Å². The molecule has 1 aromatic carbocycles. The first-order valence-corrected chi connectivity index (χ1v) is 11.7. The molecule has 5 rings (SSSR count). The molecule has 30 heavy (non-hydrogen) atoms. The van der Waals surface area contributed by atoms with Crippen LogP contribution in [0.1, 0.15) is 70.8 Å². The van der Waals surface area contributed by atoms with E-state index in [-0.39, 0.29) is 35.5 Å². The summed E-state index contributed by atoms with van der Waals surface area (Å²) in [5.74, 6) is 0.282. The van der Waals surface area contributed by atoms with Gasteiger partial charge in [0.25, 0.3) is 0 Å².